The Balaban J connectivity index is 1.70. The highest BCUT2D eigenvalue weighted by atomic mass is 35.5. The molecular weight excluding hydrogens is 284 g/mol. The van der Waals surface area contributed by atoms with Crippen molar-refractivity contribution in [2.24, 2.45) is 11.8 Å². The van der Waals surface area contributed by atoms with Crippen molar-refractivity contribution in [1.29, 1.82) is 0 Å². The van der Waals surface area contributed by atoms with Gasteiger partial charge >= 0.3 is 5.97 Å². The van der Waals surface area contributed by atoms with E-state index >= 15 is 0 Å². The molecule has 2 unspecified atom stereocenters. The lowest BCUT2D eigenvalue weighted by atomic mass is 10.1. The van der Waals surface area contributed by atoms with E-state index < -0.39 is 17.8 Å². The molecule has 0 bridgehead atoms. The zero-order chi connectivity index (χ0) is 14.3. The monoisotopic (exact) mass is 296 g/mol. The Kier molecular flexibility index (Phi) is 3.40. The summed E-state index contributed by atoms with van der Waals surface area (Å²) in [6.07, 6.45) is 0.414. The highest BCUT2D eigenvalue weighted by molar-refractivity contribution is 6.32. The van der Waals surface area contributed by atoms with Crippen molar-refractivity contribution in [2.75, 3.05) is 13.2 Å². The molecule has 20 heavy (non-hydrogen) atoms. The van der Waals surface area contributed by atoms with Crippen LogP contribution < -0.4 is 4.74 Å². The largest absolute Gasteiger partial charge is 0.484 e. The number of Topliss-reactive ketones (excluding diaryl/α,β-unsaturated/α-hetero) is 1. The van der Waals surface area contributed by atoms with Gasteiger partial charge in [-0.05, 0) is 24.6 Å². The zero-order valence-corrected chi connectivity index (χ0v) is 11.3. The number of hydrogen-bond donors (Lipinski definition) is 1. The van der Waals surface area contributed by atoms with E-state index in [1.54, 1.807) is 12.1 Å². The van der Waals surface area contributed by atoms with Crippen molar-refractivity contribution >= 4 is 23.4 Å². The van der Waals surface area contributed by atoms with Crippen LogP contribution in [0.25, 0.3) is 0 Å². The smallest absolute Gasteiger partial charge is 0.307 e. The molecule has 1 aliphatic heterocycles. The second-order valence-electron chi connectivity index (χ2n) is 5.07. The average molecular weight is 297 g/mol. The lowest BCUT2D eigenvalue weighted by molar-refractivity contribution is -0.138. The van der Waals surface area contributed by atoms with E-state index in [1.807, 2.05) is 0 Å². The number of ketones is 1. The van der Waals surface area contributed by atoms with Gasteiger partial charge in [-0.1, -0.05) is 11.6 Å². The van der Waals surface area contributed by atoms with Crippen LogP contribution in [0.3, 0.4) is 0 Å². The molecule has 2 atom stereocenters. The van der Waals surface area contributed by atoms with Crippen LogP contribution in [0.2, 0.25) is 5.02 Å². The molecule has 106 valence electrons. The number of carbonyl (C=O) groups excluding carboxylic acids is 1. The quantitative estimate of drug-likeness (QED) is 0.842. The first-order chi connectivity index (χ1) is 9.56. The van der Waals surface area contributed by atoms with Crippen LogP contribution in [-0.4, -0.2) is 36.2 Å². The molecule has 0 radical (unpaired) electrons. The standard InChI is InChI=1S/C14H13ClO5/c15-11-3-7(13(16)9-4-10(9)14(17)18)1-2-12(11)20-8-5-19-6-8/h1-3,8-10H,4-6H2,(H,17,18). The van der Waals surface area contributed by atoms with Gasteiger partial charge in [0.05, 0.1) is 24.2 Å². The van der Waals surface area contributed by atoms with Gasteiger partial charge in [-0.25, -0.2) is 0 Å². The molecule has 0 spiro atoms. The third kappa shape index (κ3) is 2.51. The van der Waals surface area contributed by atoms with Gasteiger partial charge in [0, 0.05) is 11.5 Å². The Hall–Kier alpha value is -1.59. The van der Waals surface area contributed by atoms with Gasteiger partial charge in [-0.2, -0.15) is 0 Å². The van der Waals surface area contributed by atoms with Crippen molar-refractivity contribution in [3.63, 3.8) is 0 Å². The maximum Gasteiger partial charge on any atom is 0.307 e. The highest BCUT2D eigenvalue weighted by Crippen LogP contribution is 2.41. The van der Waals surface area contributed by atoms with Crippen molar-refractivity contribution in [3.8, 4) is 5.75 Å². The molecule has 0 amide bonds. The average Bonchev–Trinajstić information content (AvgIpc) is 3.14. The number of halogens is 1. The fourth-order valence-corrected chi connectivity index (χ4v) is 2.41. The summed E-state index contributed by atoms with van der Waals surface area (Å²) in [5.41, 5.74) is 0.431. The number of carboxylic acid groups (broad SMARTS) is 1. The van der Waals surface area contributed by atoms with E-state index in [-0.39, 0.29) is 11.9 Å². The number of benzene rings is 1. The first-order valence-electron chi connectivity index (χ1n) is 6.37. The van der Waals surface area contributed by atoms with Crippen LogP contribution in [-0.2, 0) is 9.53 Å². The van der Waals surface area contributed by atoms with Gasteiger partial charge in [-0.3, -0.25) is 9.59 Å². The summed E-state index contributed by atoms with van der Waals surface area (Å²) in [5, 5.41) is 9.20. The van der Waals surface area contributed by atoms with E-state index in [0.717, 1.165) is 0 Å². The van der Waals surface area contributed by atoms with Crippen LogP contribution in [0.1, 0.15) is 16.8 Å². The molecule has 1 heterocycles. The van der Waals surface area contributed by atoms with Crippen molar-refractivity contribution < 1.29 is 24.2 Å². The summed E-state index contributed by atoms with van der Waals surface area (Å²) in [6, 6.07) is 4.81. The number of aliphatic carboxylic acids is 1. The highest BCUT2D eigenvalue weighted by Gasteiger charge is 2.48. The SMILES string of the molecule is O=C(O)C1CC1C(=O)c1ccc(OC2COC2)c(Cl)c1. The molecule has 2 fully saturated rings. The van der Waals surface area contributed by atoms with Gasteiger partial charge in [0.25, 0.3) is 0 Å². The summed E-state index contributed by atoms with van der Waals surface area (Å²) in [5.74, 6) is -1.54. The lowest BCUT2D eigenvalue weighted by Crippen LogP contribution is -2.38. The van der Waals surface area contributed by atoms with Crippen LogP contribution in [0.15, 0.2) is 18.2 Å². The predicted octanol–water partition coefficient (Wildman–Crippen LogP) is 2.02. The molecule has 1 aliphatic carbocycles. The zero-order valence-electron chi connectivity index (χ0n) is 10.5. The Morgan fingerprint density at radius 3 is 2.55 bits per heavy atom. The van der Waals surface area contributed by atoms with Gasteiger partial charge < -0.3 is 14.6 Å². The fraction of sp³-hybridized carbons (Fsp3) is 0.429. The Labute approximate surface area is 120 Å². The van der Waals surface area contributed by atoms with Gasteiger partial charge in [0.2, 0.25) is 0 Å². The molecule has 1 aromatic rings. The van der Waals surface area contributed by atoms with Crippen molar-refractivity contribution in [3.05, 3.63) is 28.8 Å². The molecule has 1 N–H and O–H groups in total. The number of rotatable bonds is 5. The minimum atomic E-state index is -0.917. The maximum atomic E-state index is 12.1. The predicted molar refractivity (Wildman–Crippen MR) is 70.3 cm³/mol. The second kappa shape index (κ2) is 5.07. The van der Waals surface area contributed by atoms with Crippen molar-refractivity contribution in [1.82, 2.24) is 0 Å². The summed E-state index contributed by atoms with van der Waals surface area (Å²) in [4.78, 5) is 22.9. The molecule has 1 saturated heterocycles. The molecule has 5 nitrogen and oxygen atoms in total. The molecule has 1 aromatic carbocycles. The minimum absolute atomic E-state index is 0.00822. The van der Waals surface area contributed by atoms with Gasteiger partial charge in [-0.15, -0.1) is 0 Å². The summed E-state index contributed by atoms with van der Waals surface area (Å²) in [6.45, 7) is 1.08. The summed E-state index contributed by atoms with van der Waals surface area (Å²) >= 11 is 6.09. The van der Waals surface area contributed by atoms with E-state index in [0.29, 0.717) is 36.0 Å². The summed E-state index contributed by atoms with van der Waals surface area (Å²) < 4.78 is 10.6. The minimum Gasteiger partial charge on any atom is -0.484 e. The third-order valence-electron chi connectivity index (χ3n) is 3.56. The number of ether oxygens (including phenoxy) is 2. The van der Waals surface area contributed by atoms with Crippen LogP contribution in [0.5, 0.6) is 5.75 Å². The fourth-order valence-electron chi connectivity index (χ4n) is 2.18. The number of hydrogen-bond acceptors (Lipinski definition) is 4. The number of carboxylic acids is 1. The normalized spacial score (nSPS) is 24.9. The first-order valence-corrected chi connectivity index (χ1v) is 6.75. The first kappa shape index (κ1) is 13.4. The molecule has 2 aliphatic rings. The lowest BCUT2D eigenvalue weighted by Gasteiger charge is -2.27. The van der Waals surface area contributed by atoms with Crippen LogP contribution >= 0.6 is 11.6 Å². The number of carbonyl (C=O) groups is 2. The third-order valence-corrected chi connectivity index (χ3v) is 3.86. The topological polar surface area (TPSA) is 72.8 Å². The second-order valence-corrected chi connectivity index (χ2v) is 5.48. The maximum absolute atomic E-state index is 12.1. The Morgan fingerprint density at radius 2 is 2.05 bits per heavy atom. The molecular formula is C14H13ClO5. The van der Waals surface area contributed by atoms with Gasteiger partial charge in [0.15, 0.2) is 5.78 Å². The van der Waals surface area contributed by atoms with E-state index in [9.17, 15) is 9.59 Å². The van der Waals surface area contributed by atoms with E-state index in [4.69, 9.17) is 26.2 Å². The Bertz CT molecular complexity index is 567. The molecule has 3 rings (SSSR count). The van der Waals surface area contributed by atoms with E-state index in [2.05, 4.69) is 0 Å². The van der Waals surface area contributed by atoms with Crippen LogP contribution in [0.4, 0.5) is 0 Å². The van der Waals surface area contributed by atoms with Gasteiger partial charge in [0.1, 0.15) is 11.9 Å². The Morgan fingerprint density at radius 1 is 1.30 bits per heavy atom. The summed E-state index contributed by atoms with van der Waals surface area (Å²) in [7, 11) is 0. The van der Waals surface area contributed by atoms with Crippen molar-refractivity contribution in [2.45, 2.75) is 12.5 Å². The molecule has 0 aromatic heterocycles. The van der Waals surface area contributed by atoms with Crippen LogP contribution in [0, 0.1) is 11.8 Å². The molecule has 6 heteroatoms. The molecule has 1 saturated carbocycles. The van der Waals surface area contributed by atoms with E-state index in [1.165, 1.54) is 6.07 Å².